The number of nitrogens with two attached hydrogens (primary N) is 1. The number of aromatic nitrogens is 1. The molecule has 3 aromatic carbocycles. The minimum atomic E-state index is -4.05. The van der Waals surface area contributed by atoms with Crippen LogP contribution in [0.25, 0.3) is 22.3 Å². The molecule has 5 N–H and O–H groups in total. The molecule has 0 bridgehead atoms. The molecule has 6 amide bonds. The minimum absolute atomic E-state index is 0.0514. The van der Waals surface area contributed by atoms with Crippen molar-refractivity contribution in [3.63, 3.8) is 0 Å². The summed E-state index contributed by atoms with van der Waals surface area (Å²) < 4.78 is 61.5. The molecular weight excluding hydrogens is 914 g/mol. The van der Waals surface area contributed by atoms with E-state index in [9.17, 15) is 37.2 Å². The first-order chi connectivity index (χ1) is 33.3. The number of nitrogen functional groups attached to an aromatic ring is 1. The quantitative estimate of drug-likeness (QED) is 0.0615. The molecule has 1 aromatic heterocycles. The molecule has 364 valence electrons. The van der Waals surface area contributed by atoms with Crippen LogP contribution in [-0.2, 0) is 51.5 Å². The smallest absolute Gasteiger partial charge is 0.262 e. The number of sulfonamides is 1. The van der Waals surface area contributed by atoms with Gasteiger partial charge < -0.3 is 30.6 Å². The van der Waals surface area contributed by atoms with Gasteiger partial charge in [-0.05, 0) is 92.0 Å². The van der Waals surface area contributed by atoms with E-state index in [1.807, 2.05) is 6.07 Å². The van der Waals surface area contributed by atoms with Crippen molar-refractivity contribution in [2.75, 3.05) is 65.0 Å². The lowest BCUT2D eigenvalue weighted by atomic mass is 9.94. The average molecular weight is 968 g/mol. The van der Waals surface area contributed by atoms with Crippen molar-refractivity contribution >= 4 is 51.3 Å². The topological polar surface area (TPSA) is 246 Å². The van der Waals surface area contributed by atoms with Gasteiger partial charge in [0.2, 0.25) is 27.7 Å². The number of hydrogen-bond acceptors (Lipinski definition) is 13. The van der Waals surface area contributed by atoms with E-state index in [0.717, 1.165) is 22.1 Å². The van der Waals surface area contributed by atoms with Crippen molar-refractivity contribution in [1.29, 1.82) is 0 Å². The number of rotatable bonds is 23. The van der Waals surface area contributed by atoms with Gasteiger partial charge >= 0.3 is 0 Å². The third-order valence-electron chi connectivity index (χ3n) is 12.5. The first-order valence-electron chi connectivity index (χ1n) is 23.1. The van der Waals surface area contributed by atoms with E-state index in [2.05, 4.69) is 20.9 Å². The summed E-state index contributed by atoms with van der Waals surface area (Å²) in [4.78, 5) is 80.1. The molecule has 0 radical (unpaired) electrons. The van der Waals surface area contributed by atoms with E-state index in [4.69, 9.17) is 19.9 Å². The third kappa shape index (κ3) is 11.4. The van der Waals surface area contributed by atoms with E-state index in [0.29, 0.717) is 87.1 Å². The highest BCUT2D eigenvalue weighted by Gasteiger charge is 2.45. The van der Waals surface area contributed by atoms with Crippen molar-refractivity contribution in [3.8, 4) is 22.3 Å². The van der Waals surface area contributed by atoms with Gasteiger partial charge in [0.25, 0.3) is 17.7 Å². The maximum Gasteiger partial charge on any atom is 0.262 e. The molecule has 20 heteroatoms. The summed E-state index contributed by atoms with van der Waals surface area (Å²) in [7, 11) is -4.05. The Labute approximate surface area is 398 Å². The van der Waals surface area contributed by atoms with Gasteiger partial charge in [0, 0.05) is 73.6 Å². The molecule has 1 saturated carbocycles. The Kier molecular flexibility index (Phi) is 15.5. The Morgan fingerprint density at radius 1 is 0.826 bits per heavy atom. The molecule has 18 nitrogen and oxygen atoms in total. The number of hydrogen-bond donors (Lipinski definition) is 4. The van der Waals surface area contributed by atoms with E-state index < -0.39 is 45.5 Å². The number of anilines is 1. The largest absolute Gasteiger partial charge is 0.383 e. The lowest BCUT2D eigenvalue weighted by Crippen LogP contribution is -2.54. The van der Waals surface area contributed by atoms with Crippen LogP contribution in [0.4, 0.5) is 10.2 Å². The number of amides is 6. The summed E-state index contributed by atoms with van der Waals surface area (Å²) in [6, 6.07) is 14.7. The van der Waals surface area contributed by atoms with Crippen LogP contribution in [-0.4, -0.2) is 129 Å². The van der Waals surface area contributed by atoms with Crippen molar-refractivity contribution in [2.45, 2.75) is 74.8 Å². The minimum Gasteiger partial charge on any atom is -0.383 e. The molecule has 4 heterocycles. The van der Waals surface area contributed by atoms with Crippen molar-refractivity contribution in [1.82, 2.24) is 30.1 Å². The molecule has 0 spiro atoms. The predicted octanol–water partition coefficient (Wildman–Crippen LogP) is 3.56. The average Bonchev–Trinajstić information content (AvgIpc) is 4.14. The summed E-state index contributed by atoms with van der Waals surface area (Å²) in [5.41, 5.74) is 10.8. The number of aryl methyl sites for hydroxylation is 1. The van der Waals surface area contributed by atoms with Crippen LogP contribution in [0.1, 0.15) is 87.1 Å². The van der Waals surface area contributed by atoms with E-state index in [1.54, 1.807) is 36.4 Å². The Balaban J connectivity index is 0.698. The summed E-state index contributed by atoms with van der Waals surface area (Å²) in [6.45, 7) is 2.65. The van der Waals surface area contributed by atoms with Gasteiger partial charge in [0.1, 0.15) is 17.7 Å². The molecule has 1 saturated heterocycles. The van der Waals surface area contributed by atoms with Crippen LogP contribution < -0.4 is 21.7 Å². The molecule has 4 aliphatic rings. The molecule has 2 fully saturated rings. The number of halogens is 1. The van der Waals surface area contributed by atoms with Gasteiger partial charge in [-0.1, -0.05) is 30.3 Å². The first kappa shape index (κ1) is 49.0. The van der Waals surface area contributed by atoms with Crippen molar-refractivity contribution < 1.29 is 55.8 Å². The summed E-state index contributed by atoms with van der Waals surface area (Å²) in [6.07, 6.45) is 5.13. The fourth-order valence-electron chi connectivity index (χ4n) is 8.75. The van der Waals surface area contributed by atoms with E-state index >= 15 is 4.39 Å². The maximum atomic E-state index is 15.8. The number of nitrogens with one attached hydrogen (secondary N) is 3. The predicted molar refractivity (Wildman–Crippen MR) is 249 cm³/mol. The number of piperidine rings is 1. The summed E-state index contributed by atoms with van der Waals surface area (Å²) in [5.74, 6) is -3.04. The molecule has 8 rings (SSSR count). The number of carbonyl (C=O) groups excluding carboxylic acids is 6. The second-order valence-electron chi connectivity index (χ2n) is 17.2. The fraction of sp³-hybridized carbons (Fsp3) is 0.408. The highest BCUT2D eigenvalue weighted by atomic mass is 32.2. The highest BCUT2D eigenvalue weighted by Crippen LogP contribution is 2.36. The monoisotopic (exact) mass is 967 g/mol. The zero-order chi connectivity index (χ0) is 48.7. The van der Waals surface area contributed by atoms with E-state index in [-0.39, 0.29) is 97.4 Å². The van der Waals surface area contributed by atoms with Gasteiger partial charge in [0.15, 0.2) is 0 Å². The van der Waals surface area contributed by atoms with Crippen molar-refractivity contribution in [3.05, 3.63) is 100 Å². The highest BCUT2D eigenvalue weighted by molar-refractivity contribution is 7.89. The molecular formula is C49H54FN7O11S. The van der Waals surface area contributed by atoms with Crippen LogP contribution in [0.15, 0.2) is 71.8 Å². The van der Waals surface area contributed by atoms with Crippen LogP contribution in [0.3, 0.4) is 0 Å². The molecule has 69 heavy (non-hydrogen) atoms. The van der Waals surface area contributed by atoms with Crippen LogP contribution in [0.2, 0.25) is 0 Å². The molecule has 1 unspecified atom stereocenters. The van der Waals surface area contributed by atoms with Crippen LogP contribution in [0, 0.1) is 5.82 Å². The third-order valence-corrected chi connectivity index (χ3v) is 14.4. The number of carbonyl (C=O) groups is 6. The number of benzene rings is 3. The molecule has 4 aromatic rings. The first-order valence-corrected chi connectivity index (χ1v) is 24.6. The Morgan fingerprint density at radius 3 is 2.33 bits per heavy atom. The van der Waals surface area contributed by atoms with Gasteiger partial charge in [-0.2, -0.15) is 4.31 Å². The lowest BCUT2D eigenvalue weighted by Gasteiger charge is -2.27. The number of fused-ring (bicyclic) bond motifs is 2. The fourth-order valence-corrected chi connectivity index (χ4v) is 10.5. The standard InChI is InChI=1S/C49H54FN7O11S/c50-40-28-35(10-12-36(40)33-27-39(45(51)54-29-33)31-7-11-37-32(26-31)15-18-53-46(37)60)69(64,65)56(34-8-9-34)19-3-17-52-42(58)16-21-67-23-25-68-24-22-66-20-2-5-30-4-1-6-38-44(30)49(63)57(48(38)62)41-13-14-43(59)55-47(41)61/h1,4,6-7,10-12,26-29,34,41H,2-3,5,8-9,13-25H2,(H2,51,54)(H,52,58)(H,53,60)(H,55,59,61). The zero-order valence-corrected chi connectivity index (χ0v) is 38.7. The number of ether oxygens (including phenoxy) is 3. The molecule has 1 aliphatic carbocycles. The van der Waals surface area contributed by atoms with Gasteiger partial charge in [0.05, 0.1) is 49.1 Å². The second kappa shape index (κ2) is 21.9. The SMILES string of the molecule is Nc1ncc(-c2ccc(S(=O)(=O)N(CCCNC(=O)CCOCCOCCOCCCc3cccc4c3C(=O)N(C3CCC(=O)NC3=O)C4=O)C3CC3)cc2F)cc1-c1ccc2c(c1)CCNC2=O. The van der Waals surface area contributed by atoms with Gasteiger partial charge in [-0.25, -0.2) is 17.8 Å². The van der Waals surface area contributed by atoms with Gasteiger partial charge in [-0.3, -0.25) is 39.0 Å². The van der Waals surface area contributed by atoms with E-state index in [1.165, 1.54) is 22.6 Å². The number of pyridine rings is 1. The summed E-state index contributed by atoms with van der Waals surface area (Å²) in [5, 5.41) is 7.82. The molecule has 3 aliphatic heterocycles. The normalized spacial score (nSPS) is 16.9. The van der Waals surface area contributed by atoms with Gasteiger partial charge in [-0.15, -0.1) is 0 Å². The van der Waals surface area contributed by atoms with Crippen LogP contribution >= 0.6 is 0 Å². The number of imide groups is 2. The zero-order valence-electron chi connectivity index (χ0n) is 37.9. The maximum absolute atomic E-state index is 15.8. The Morgan fingerprint density at radius 2 is 1.58 bits per heavy atom. The Hall–Kier alpha value is -6.45. The van der Waals surface area contributed by atoms with Crippen LogP contribution in [0.5, 0.6) is 0 Å². The summed E-state index contributed by atoms with van der Waals surface area (Å²) >= 11 is 0. The number of nitrogens with zero attached hydrogens (tertiary/aromatic N) is 3. The van der Waals surface area contributed by atoms with Crippen molar-refractivity contribution in [2.24, 2.45) is 0 Å². The second-order valence-corrected chi connectivity index (χ2v) is 19.1. The Bertz CT molecular complexity index is 2770. The lowest BCUT2D eigenvalue weighted by molar-refractivity contribution is -0.136. The molecule has 1 atom stereocenters.